The van der Waals surface area contributed by atoms with E-state index in [1.807, 2.05) is 97.9 Å². The highest BCUT2D eigenvalue weighted by atomic mass is 35.5. The number of hydrogen-bond donors (Lipinski definition) is 1. The standard InChI is InChI=1S/C23H20ClNO/c1-17(18-10-4-2-5-11-18)25-23(26)21(19-12-6-3-7-13-19)16-20-14-8-9-15-22(20)24/h2-17H,1H3,(H,25,26). The highest BCUT2D eigenvalue weighted by Gasteiger charge is 2.16. The molecule has 1 atom stereocenters. The second-order valence-electron chi connectivity index (χ2n) is 6.05. The van der Waals surface area contributed by atoms with E-state index in [9.17, 15) is 4.79 Å². The summed E-state index contributed by atoms with van der Waals surface area (Å²) in [6.45, 7) is 1.98. The lowest BCUT2D eigenvalue weighted by molar-refractivity contribution is -0.116. The van der Waals surface area contributed by atoms with Gasteiger partial charge >= 0.3 is 0 Å². The Labute approximate surface area is 159 Å². The molecule has 1 amide bonds. The SMILES string of the molecule is CC(NC(=O)C(=Cc1ccccc1Cl)c1ccccc1)c1ccccc1. The number of rotatable bonds is 5. The van der Waals surface area contributed by atoms with Gasteiger partial charge in [0, 0.05) is 10.6 Å². The number of nitrogens with one attached hydrogen (secondary N) is 1. The molecule has 1 N–H and O–H groups in total. The summed E-state index contributed by atoms with van der Waals surface area (Å²) in [5, 5.41) is 3.70. The maximum absolute atomic E-state index is 13.0. The van der Waals surface area contributed by atoms with Crippen LogP contribution < -0.4 is 5.32 Å². The summed E-state index contributed by atoms with van der Waals surface area (Å²) in [4.78, 5) is 13.0. The van der Waals surface area contributed by atoms with Gasteiger partial charge < -0.3 is 5.32 Å². The first-order chi connectivity index (χ1) is 12.6. The van der Waals surface area contributed by atoms with E-state index in [1.54, 1.807) is 0 Å². The Balaban J connectivity index is 1.93. The van der Waals surface area contributed by atoms with Crippen LogP contribution in [0.1, 0.15) is 29.7 Å². The molecule has 0 saturated heterocycles. The number of hydrogen-bond acceptors (Lipinski definition) is 1. The monoisotopic (exact) mass is 361 g/mol. The Morgan fingerprint density at radius 1 is 0.885 bits per heavy atom. The van der Waals surface area contributed by atoms with Crippen molar-refractivity contribution >= 4 is 29.2 Å². The fourth-order valence-corrected chi connectivity index (χ4v) is 2.94. The molecular weight excluding hydrogens is 342 g/mol. The van der Waals surface area contributed by atoms with Gasteiger partial charge in [0.15, 0.2) is 0 Å². The zero-order valence-corrected chi connectivity index (χ0v) is 15.3. The lowest BCUT2D eigenvalue weighted by Crippen LogP contribution is -2.27. The summed E-state index contributed by atoms with van der Waals surface area (Å²) < 4.78 is 0. The van der Waals surface area contributed by atoms with Gasteiger partial charge in [-0.3, -0.25) is 4.79 Å². The van der Waals surface area contributed by atoms with Gasteiger partial charge in [-0.05, 0) is 35.8 Å². The van der Waals surface area contributed by atoms with Crippen LogP contribution in [0.4, 0.5) is 0 Å². The fraction of sp³-hybridized carbons (Fsp3) is 0.0870. The van der Waals surface area contributed by atoms with Crippen LogP contribution in [0.3, 0.4) is 0 Å². The normalized spacial score (nSPS) is 12.5. The summed E-state index contributed by atoms with van der Waals surface area (Å²) in [7, 11) is 0. The van der Waals surface area contributed by atoms with Crippen LogP contribution in [0, 0.1) is 0 Å². The van der Waals surface area contributed by atoms with Gasteiger partial charge in [-0.25, -0.2) is 0 Å². The number of carbonyl (C=O) groups excluding carboxylic acids is 1. The summed E-state index contributed by atoms with van der Waals surface area (Å²) in [5.41, 5.74) is 3.31. The van der Waals surface area contributed by atoms with Gasteiger partial charge in [0.05, 0.1) is 6.04 Å². The van der Waals surface area contributed by atoms with Crippen molar-refractivity contribution in [2.45, 2.75) is 13.0 Å². The third-order valence-corrected chi connectivity index (χ3v) is 4.53. The molecule has 0 fully saturated rings. The lowest BCUT2D eigenvalue weighted by Gasteiger charge is -2.16. The molecule has 3 aromatic rings. The average Bonchev–Trinajstić information content (AvgIpc) is 2.68. The molecule has 0 aliphatic rings. The van der Waals surface area contributed by atoms with Gasteiger partial charge in [-0.15, -0.1) is 0 Å². The maximum atomic E-state index is 13.0. The number of carbonyl (C=O) groups is 1. The molecule has 0 aliphatic carbocycles. The van der Waals surface area contributed by atoms with E-state index in [0.29, 0.717) is 10.6 Å². The van der Waals surface area contributed by atoms with E-state index < -0.39 is 0 Å². The van der Waals surface area contributed by atoms with E-state index in [-0.39, 0.29) is 11.9 Å². The molecule has 0 saturated carbocycles. The predicted octanol–water partition coefficient (Wildman–Crippen LogP) is 5.76. The first-order valence-corrected chi connectivity index (χ1v) is 8.90. The highest BCUT2D eigenvalue weighted by Crippen LogP contribution is 2.24. The minimum atomic E-state index is -0.132. The Bertz CT molecular complexity index is 904. The van der Waals surface area contributed by atoms with Crippen molar-refractivity contribution in [1.29, 1.82) is 0 Å². The number of amides is 1. The van der Waals surface area contributed by atoms with Gasteiger partial charge in [0.2, 0.25) is 0 Å². The van der Waals surface area contributed by atoms with Gasteiger partial charge in [-0.1, -0.05) is 90.5 Å². The summed E-state index contributed by atoms with van der Waals surface area (Å²) in [5.74, 6) is -0.132. The second kappa shape index (κ2) is 8.50. The molecule has 0 radical (unpaired) electrons. The molecule has 26 heavy (non-hydrogen) atoms. The van der Waals surface area contributed by atoms with Crippen molar-refractivity contribution in [3.8, 4) is 0 Å². The van der Waals surface area contributed by atoms with Crippen LogP contribution in [0.25, 0.3) is 11.6 Å². The molecule has 3 rings (SSSR count). The quantitative estimate of drug-likeness (QED) is 0.454. The Morgan fingerprint density at radius 3 is 2.12 bits per heavy atom. The molecule has 0 aliphatic heterocycles. The smallest absolute Gasteiger partial charge is 0.252 e. The van der Waals surface area contributed by atoms with Gasteiger partial charge in [0.1, 0.15) is 0 Å². The topological polar surface area (TPSA) is 29.1 Å². The van der Waals surface area contributed by atoms with E-state index in [2.05, 4.69) is 5.32 Å². The average molecular weight is 362 g/mol. The largest absolute Gasteiger partial charge is 0.345 e. The van der Waals surface area contributed by atoms with Crippen LogP contribution in [-0.4, -0.2) is 5.91 Å². The molecule has 2 nitrogen and oxygen atoms in total. The van der Waals surface area contributed by atoms with Crippen molar-refractivity contribution in [1.82, 2.24) is 5.32 Å². The van der Waals surface area contributed by atoms with Gasteiger partial charge in [0.25, 0.3) is 5.91 Å². The Kier molecular flexibility index (Phi) is 5.88. The third kappa shape index (κ3) is 4.41. The molecular formula is C23H20ClNO. The zero-order chi connectivity index (χ0) is 18.4. The molecule has 0 bridgehead atoms. The number of halogens is 1. The molecule has 3 aromatic carbocycles. The number of benzene rings is 3. The van der Waals surface area contributed by atoms with Crippen molar-refractivity contribution in [3.63, 3.8) is 0 Å². The lowest BCUT2D eigenvalue weighted by atomic mass is 10.0. The first kappa shape index (κ1) is 18.0. The molecule has 130 valence electrons. The van der Waals surface area contributed by atoms with Gasteiger partial charge in [-0.2, -0.15) is 0 Å². The molecule has 0 aromatic heterocycles. The maximum Gasteiger partial charge on any atom is 0.252 e. The molecule has 0 heterocycles. The highest BCUT2D eigenvalue weighted by molar-refractivity contribution is 6.33. The Morgan fingerprint density at radius 2 is 1.46 bits per heavy atom. The van der Waals surface area contributed by atoms with E-state index in [4.69, 9.17) is 11.6 Å². The van der Waals surface area contributed by atoms with E-state index in [0.717, 1.165) is 16.7 Å². The van der Waals surface area contributed by atoms with Crippen molar-refractivity contribution in [3.05, 3.63) is 107 Å². The molecule has 3 heteroatoms. The van der Waals surface area contributed by atoms with E-state index in [1.165, 1.54) is 0 Å². The minimum Gasteiger partial charge on any atom is -0.345 e. The van der Waals surface area contributed by atoms with Crippen molar-refractivity contribution in [2.75, 3.05) is 0 Å². The zero-order valence-electron chi connectivity index (χ0n) is 14.5. The van der Waals surface area contributed by atoms with E-state index >= 15 is 0 Å². The third-order valence-electron chi connectivity index (χ3n) is 4.18. The predicted molar refractivity (Wildman–Crippen MR) is 109 cm³/mol. The summed E-state index contributed by atoms with van der Waals surface area (Å²) in [6, 6.07) is 26.9. The fourth-order valence-electron chi connectivity index (χ4n) is 2.74. The van der Waals surface area contributed by atoms with Crippen molar-refractivity contribution < 1.29 is 4.79 Å². The Hall–Kier alpha value is -2.84. The van der Waals surface area contributed by atoms with Crippen LogP contribution >= 0.6 is 11.6 Å². The molecule has 1 unspecified atom stereocenters. The van der Waals surface area contributed by atoms with Crippen LogP contribution in [0.2, 0.25) is 5.02 Å². The van der Waals surface area contributed by atoms with Crippen LogP contribution in [-0.2, 0) is 4.79 Å². The van der Waals surface area contributed by atoms with Crippen LogP contribution in [0.15, 0.2) is 84.9 Å². The van der Waals surface area contributed by atoms with Crippen molar-refractivity contribution in [2.24, 2.45) is 0 Å². The summed E-state index contributed by atoms with van der Waals surface area (Å²) >= 11 is 6.29. The van der Waals surface area contributed by atoms with Crippen LogP contribution in [0.5, 0.6) is 0 Å². The summed E-state index contributed by atoms with van der Waals surface area (Å²) in [6.07, 6.45) is 1.84. The first-order valence-electron chi connectivity index (χ1n) is 8.52. The molecule has 0 spiro atoms. The minimum absolute atomic E-state index is 0.0953. The second-order valence-corrected chi connectivity index (χ2v) is 6.46.